The van der Waals surface area contributed by atoms with Gasteiger partial charge in [-0.1, -0.05) is 11.3 Å². The first-order chi connectivity index (χ1) is 7.38. The first kappa shape index (κ1) is 9.51. The van der Waals surface area contributed by atoms with Gasteiger partial charge in [0.25, 0.3) is 0 Å². The molecule has 0 N–H and O–H groups in total. The quantitative estimate of drug-likeness (QED) is 0.686. The van der Waals surface area contributed by atoms with Gasteiger partial charge >= 0.3 is 0 Å². The van der Waals surface area contributed by atoms with Gasteiger partial charge in [0.1, 0.15) is 5.69 Å². The van der Waals surface area contributed by atoms with Crippen LogP contribution in [0.5, 0.6) is 0 Å². The molecule has 0 aliphatic heterocycles. The Kier molecular flexibility index (Phi) is 2.82. The fourth-order valence-electron chi connectivity index (χ4n) is 1.25. The van der Waals surface area contributed by atoms with Gasteiger partial charge in [0.15, 0.2) is 6.29 Å². The first-order valence-electron chi connectivity index (χ1n) is 4.64. The van der Waals surface area contributed by atoms with Gasteiger partial charge < -0.3 is 0 Å². The molecule has 0 aliphatic rings. The largest absolute Gasteiger partial charge is 0.296 e. The molecule has 0 saturated carbocycles. The maximum absolute atomic E-state index is 10.4. The van der Waals surface area contributed by atoms with E-state index in [1.54, 1.807) is 17.1 Å². The molecule has 0 bridgehead atoms. The van der Waals surface area contributed by atoms with Crippen LogP contribution in [0.3, 0.4) is 0 Å². The highest BCUT2D eigenvalue weighted by Gasteiger charge is 1.99. The summed E-state index contributed by atoms with van der Waals surface area (Å²) >= 11 is 0. The Morgan fingerprint density at radius 3 is 3.00 bits per heavy atom. The topological polar surface area (TPSA) is 60.7 Å². The van der Waals surface area contributed by atoms with Crippen LogP contribution < -0.4 is 0 Å². The molecule has 2 aromatic heterocycles. The van der Waals surface area contributed by atoms with Crippen molar-refractivity contribution in [2.75, 3.05) is 0 Å². The van der Waals surface area contributed by atoms with Crippen LogP contribution in [0.4, 0.5) is 0 Å². The van der Waals surface area contributed by atoms with Gasteiger partial charge in [-0.2, -0.15) is 0 Å². The van der Waals surface area contributed by atoms with Crippen LogP contribution in [0.2, 0.25) is 0 Å². The van der Waals surface area contributed by atoms with Gasteiger partial charge in [0.05, 0.1) is 6.20 Å². The van der Waals surface area contributed by atoms with Crippen LogP contribution in [0, 0.1) is 0 Å². The number of nitrogens with zero attached hydrogens (tertiary/aromatic N) is 4. The lowest BCUT2D eigenvalue weighted by atomic mass is 10.3. The van der Waals surface area contributed by atoms with Crippen LogP contribution in [0.25, 0.3) is 0 Å². The standard InChI is InChI=1S/C10H10N4O/c15-8-10-7-14(13-12-10)6-4-9-3-1-2-5-11-9/h1-3,5,7-8H,4,6H2. The van der Waals surface area contributed by atoms with Crippen molar-refractivity contribution in [2.24, 2.45) is 0 Å². The molecule has 0 aromatic carbocycles. The average molecular weight is 202 g/mol. The zero-order valence-electron chi connectivity index (χ0n) is 8.08. The van der Waals surface area contributed by atoms with Crippen LogP contribution in [0.1, 0.15) is 16.2 Å². The van der Waals surface area contributed by atoms with E-state index in [0.29, 0.717) is 18.5 Å². The molecule has 0 aliphatic carbocycles. The van der Waals surface area contributed by atoms with Gasteiger partial charge in [-0.15, -0.1) is 5.10 Å². The smallest absolute Gasteiger partial charge is 0.171 e. The van der Waals surface area contributed by atoms with E-state index in [2.05, 4.69) is 15.3 Å². The van der Waals surface area contributed by atoms with Crippen LogP contribution >= 0.6 is 0 Å². The summed E-state index contributed by atoms with van der Waals surface area (Å²) in [7, 11) is 0. The van der Waals surface area contributed by atoms with Gasteiger partial charge in [0.2, 0.25) is 0 Å². The number of aldehydes is 1. The van der Waals surface area contributed by atoms with Crippen LogP contribution in [-0.2, 0) is 13.0 Å². The second-order valence-electron chi connectivity index (χ2n) is 3.10. The molecule has 2 aromatic rings. The summed E-state index contributed by atoms with van der Waals surface area (Å²) in [4.78, 5) is 14.6. The average Bonchev–Trinajstić information content (AvgIpc) is 2.76. The molecule has 2 rings (SSSR count). The summed E-state index contributed by atoms with van der Waals surface area (Å²) in [6, 6.07) is 5.78. The minimum absolute atomic E-state index is 0.357. The number of aromatic nitrogens is 4. The third kappa shape index (κ3) is 2.46. The van der Waals surface area contributed by atoms with E-state index in [0.717, 1.165) is 12.1 Å². The molecule has 0 amide bonds. The van der Waals surface area contributed by atoms with Crippen molar-refractivity contribution in [1.82, 2.24) is 20.0 Å². The second-order valence-corrected chi connectivity index (χ2v) is 3.10. The van der Waals surface area contributed by atoms with E-state index in [-0.39, 0.29) is 0 Å². The van der Waals surface area contributed by atoms with Crippen molar-refractivity contribution in [3.8, 4) is 0 Å². The normalized spacial score (nSPS) is 10.1. The molecule has 5 heteroatoms. The molecular weight excluding hydrogens is 192 g/mol. The lowest BCUT2D eigenvalue weighted by molar-refractivity contribution is 0.111. The van der Waals surface area contributed by atoms with E-state index in [4.69, 9.17) is 0 Å². The minimum atomic E-state index is 0.357. The fourth-order valence-corrected chi connectivity index (χ4v) is 1.25. The van der Waals surface area contributed by atoms with Crippen molar-refractivity contribution in [3.63, 3.8) is 0 Å². The lowest BCUT2D eigenvalue weighted by Crippen LogP contribution is -2.03. The summed E-state index contributed by atoms with van der Waals surface area (Å²) < 4.78 is 1.64. The number of hydrogen-bond donors (Lipinski definition) is 0. The van der Waals surface area contributed by atoms with E-state index < -0.39 is 0 Å². The van der Waals surface area contributed by atoms with Crippen molar-refractivity contribution in [2.45, 2.75) is 13.0 Å². The van der Waals surface area contributed by atoms with Gasteiger partial charge in [-0.05, 0) is 12.1 Å². The fraction of sp³-hybridized carbons (Fsp3) is 0.200. The highest BCUT2D eigenvalue weighted by Crippen LogP contribution is 1.97. The number of aryl methyl sites for hydroxylation is 2. The Hall–Kier alpha value is -2.04. The molecule has 2 heterocycles. The van der Waals surface area contributed by atoms with Gasteiger partial charge in [-0.3, -0.25) is 14.5 Å². The maximum atomic E-state index is 10.4. The maximum Gasteiger partial charge on any atom is 0.171 e. The Morgan fingerprint density at radius 2 is 2.33 bits per heavy atom. The van der Waals surface area contributed by atoms with E-state index in [1.165, 1.54) is 0 Å². The molecule has 0 saturated heterocycles. The number of carbonyl (C=O) groups is 1. The predicted octanol–water partition coefficient (Wildman–Crippen LogP) is 0.728. The molecule has 5 nitrogen and oxygen atoms in total. The van der Waals surface area contributed by atoms with E-state index >= 15 is 0 Å². The molecule has 0 atom stereocenters. The van der Waals surface area contributed by atoms with Crippen LogP contribution in [0.15, 0.2) is 30.6 Å². The monoisotopic (exact) mass is 202 g/mol. The lowest BCUT2D eigenvalue weighted by Gasteiger charge is -1.99. The third-order valence-corrected chi connectivity index (χ3v) is 2.00. The third-order valence-electron chi connectivity index (χ3n) is 2.00. The molecule has 76 valence electrons. The minimum Gasteiger partial charge on any atom is -0.296 e. The van der Waals surface area contributed by atoms with E-state index in [9.17, 15) is 4.79 Å². The van der Waals surface area contributed by atoms with Crippen LogP contribution in [-0.4, -0.2) is 26.3 Å². The highest BCUT2D eigenvalue weighted by atomic mass is 16.1. The Balaban J connectivity index is 1.96. The van der Waals surface area contributed by atoms with Crippen molar-refractivity contribution in [3.05, 3.63) is 42.0 Å². The number of carbonyl (C=O) groups excluding carboxylic acids is 1. The highest BCUT2D eigenvalue weighted by molar-refractivity contribution is 5.70. The zero-order chi connectivity index (χ0) is 10.5. The van der Waals surface area contributed by atoms with Crippen molar-refractivity contribution in [1.29, 1.82) is 0 Å². The number of rotatable bonds is 4. The molecule has 0 spiro atoms. The number of hydrogen-bond acceptors (Lipinski definition) is 4. The summed E-state index contributed by atoms with van der Waals surface area (Å²) in [5.41, 5.74) is 1.36. The molecule has 0 unspecified atom stereocenters. The molecule has 15 heavy (non-hydrogen) atoms. The summed E-state index contributed by atoms with van der Waals surface area (Å²) in [5, 5.41) is 7.48. The Morgan fingerprint density at radius 1 is 1.40 bits per heavy atom. The van der Waals surface area contributed by atoms with Gasteiger partial charge in [0, 0.05) is 24.9 Å². The summed E-state index contributed by atoms with van der Waals surface area (Å²) in [5.74, 6) is 0. The van der Waals surface area contributed by atoms with E-state index in [1.807, 2.05) is 18.2 Å². The summed E-state index contributed by atoms with van der Waals surface area (Å²) in [6.45, 7) is 0.678. The van der Waals surface area contributed by atoms with Gasteiger partial charge in [-0.25, -0.2) is 0 Å². The Bertz CT molecular complexity index is 438. The molecule has 0 fully saturated rings. The molecular formula is C10H10N4O. The molecule has 0 radical (unpaired) electrons. The summed E-state index contributed by atoms with van der Waals surface area (Å²) in [6.07, 6.45) is 4.84. The van der Waals surface area contributed by atoms with Crippen molar-refractivity contribution < 1.29 is 4.79 Å². The Labute approximate surface area is 86.8 Å². The predicted molar refractivity (Wildman–Crippen MR) is 53.4 cm³/mol. The number of pyridine rings is 1. The first-order valence-corrected chi connectivity index (χ1v) is 4.64. The zero-order valence-corrected chi connectivity index (χ0v) is 8.08. The SMILES string of the molecule is O=Cc1cn(CCc2ccccn2)nn1. The van der Waals surface area contributed by atoms with Crippen molar-refractivity contribution >= 4 is 6.29 Å². The second kappa shape index (κ2) is 4.45.